The van der Waals surface area contributed by atoms with Crippen molar-refractivity contribution in [1.29, 1.82) is 0 Å². The van der Waals surface area contributed by atoms with Gasteiger partial charge in [-0.15, -0.1) is 11.3 Å². The molecule has 0 fully saturated rings. The SMILES string of the molecule is CCOc1ccc(NC(=O)c2ccccc2NC(=O)C(=O)NN=Cc2ccc(OC(=O)c3sc4ccccc4c3Cl)cc2)cc1. The Kier molecular flexibility index (Phi) is 9.83. The normalized spacial score (nSPS) is 10.8. The molecular weight excluding hydrogens is 616 g/mol. The number of para-hydroxylation sites is 1. The van der Waals surface area contributed by atoms with Gasteiger partial charge in [-0.3, -0.25) is 14.4 Å². The van der Waals surface area contributed by atoms with E-state index < -0.39 is 23.7 Å². The van der Waals surface area contributed by atoms with Gasteiger partial charge in [0.2, 0.25) is 0 Å². The Hall–Kier alpha value is -5.52. The second-order valence-electron chi connectivity index (χ2n) is 9.31. The zero-order chi connectivity index (χ0) is 31.8. The molecule has 0 aliphatic heterocycles. The molecule has 0 radical (unpaired) electrons. The van der Waals surface area contributed by atoms with Gasteiger partial charge in [-0.05, 0) is 79.2 Å². The summed E-state index contributed by atoms with van der Waals surface area (Å²) < 4.78 is 11.7. The van der Waals surface area contributed by atoms with Crippen molar-refractivity contribution in [3.8, 4) is 11.5 Å². The van der Waals surface area contributed by atoms with E-state index in [2.05, 4.69) is 21.2 Å². The molecule has 1 aromatic heterocycles. The second kappa shape index (κ2) is 14.3. The fraction of sp³-hybridized carbons (Fsp3) is 0.0606. The molecule has 45 heavy (non-hydrogen) atoms. The Morgan fingerprint density at radius 1 is 0.822 bits per heavy atom. The fourth-order valence-electron chi connectivity index (χ4n) is 4.11. The number of fused-ring (bicyclic) bond motifs is 1. The average molecular weight is 641 g/mol. The molecule has 0 spiro atoms. The van der Waals surface area contributed by atoms with Crippen LogP contribution in [0.3, 0.4) is 0 Å². The highest BCUT2D eigenvalue weighted by atomic mass is 35.5. The van der Waals surface area contributed by atoms with E-state index in [0.29, 0.717) is 39.3 Å². The average Bonchev–Trinajstić information content (AvgIpc) is 3.39. The summed E-state index contributed by atoms with van der Waals surface area (Å²) >= 11 is 7.62. The number of esters is 1. The molecule has 3 N–H and O–H groups in total. The van der Waals surface area contributed by atoms with Gasteiger partial charge in [-0.1, -0.05) is 41.9 Å². The summed E-state index contributed by atoms with van der Waals surface area (Å²) in [7, 11) is 0. The lowest BCUT2D eigenvalue weighted by molar-refractivity contribution is -0.136. The molecular formula is C33H25ClN4O6S. The lowest BCUT2D eigenvalue weighted by Gasteiger charge is -2.11. The third-order valence-corrected chi connectivity index (χ3v) is 7.90. The summed E-state index contributed by atoms with van der Waals surface area (Å²) in [4.78, 5) is 50.8. The van der Waals surface area contributed by atoms with Crippen molar-refractivity contribution in [3.05, 3.63) is 118 Å². The maximum absolute atomic E-state index is 12.9. The van der Waals surface area contributed by atoms with Crippen molar-refractivity contribution in [2.24, 2.45) is 5.10 Å². The highest BCUT2D eigenvalue weighted by molar-refractivity contribution is 7.21. The lowest BCUT2D eigenvalue weighted by atomic mass is 10.1. The highest BCUT2D eigenvalue weighted by Crippen LogP contribution is 2.35. The maximum atomic E-state index is 12.9. The summed E-state index contributed by atoms with van der Waals surface area (Å²) in [6.45, 7) is 2.40. The number of nitrogens with one attached hydrogen (secondary N) is 3. The van der Waals surface area contributed by atoms with Crippen LogP contribution in [0.1, 0.15) is 32.5 Å². The van der Waals surface area contributed by atoms with E-state index in [0.717, 1.165) is 10.1 Å². The molecule has 12 heteroatoms. The summed E-state index contributed by atoms with van der Waals surface area (Å²) in [5, 5.41) is 10.1. The smallest absolute Gasteiger partial charge is 0.355 e. The summed E-state index contributed by atoms with van der Waals surface area (Å²) in [6, 6.07) is 26.9. The third-order valence-electron chi connectivity index (χ3n) is 6.24. The Bertz CT molecular complexity index is 1910. The summed E-state index contributed by atoms with van der Waals surface area (Å²) in [5.41, 5.74) is 3.55. The zero-order valence-electron chi connectivity index (χ0n) is 23.7. The predicted octanol–water partition coefficient (Wildman–Crippen LogP) is 6.51. The van der Waals surface area contributed by atoms with E-state index in [1.165, 1.54) is 29.7 Å². The topological polar surface area (TPSA) is 135 Å². The Morgan fingerprint density at radius 3 is 2.24 bits per heavy atom. The molecule has 0 saturated heterocycles. The first-order valence-electron chi connectivity index (χ1n) is 13.6. The molecule has 226 valence electrons. The Balaban J connectivity index is 1.14. The number of carbonyl (C=O) groups is 4. The van der Waals surface area contributed by atoms with E-state index in [4.69, 9.17) is 21.1 Å². The molecule has 0 unspecified atom stereocenters. The van der Waals surface area contributed by atoms with Gasteiger partial charge in [0.1, 0.15) is 16.4 Å². The van der Waals surface area contributed by atoms with Gasteiger partial charge >= 0.3 is 17.8 Å². The van der Waals surface area contributed by atoms with Crippen LogP contribution in [-0.2, 0) is 9.59 Å². The largest absolute Gasteiger partial charge is 0.494 e. The van der Waals surface area contributed by atoms with Crippen LogP contribution in [0.25, 0.3) is 10.1 Å². The third kappa shape index (κ3) is 7.71. The van der Waals surface area contributed by atoms with E-state index in [-0.39, 0.29) is 11.3 Å². The number of nitrogens with zero attached hydrogens (tertiary/aromatic N) is 1. The monoisotopic (exact) mass is 640 g/mol. The molecule has 4 aromatic carbocycles. The van der Waals surface area contributed by atoms with Crippen molar-refractivity contribution >= 4 is 74.3 Å². The second-order valence-corrected chi connectivity index (χ2v) is 10.7. The minimum Gasteiger partial charge on any atom is -0.494 e. The quantitative estimate of drug-likeness (QED) is 0.0552. The molecule has 5 aromatic rings. The van der Waals surface area contributed by atoms with Gasteiger partial charge in [0.05, 0.1) is 29.1 Å². The van der Waals surface area contributed by atoms with Crippen molar-refractivity contribution in [2.45, 2.75) is 6.92 Å². The van der Waals surface area contributed by atoms with Crippen molar-refractivity contribution in [1.82, 2.24) is 5.43 Å². The zero-order valence-corrected chi connectivity index (χ0v) is 25.3. The van der Waals surface area contributed by atoms with Gasteiger partial charge in [0.25, 0.3) is 5.91 Å². The maximum Gasteiger partial charge on any atom is 0.355 e. The van der Waals surface area contributed by atoms with Crippen LogP contribution in [0.4, 0.5) is 11.4 Å². The van der Waals surface area contributed by atoms with E-state index >= 15 is 0 Å². The van der Waals surface area contributed by atoms with E-state index in [1.54, 1.807) is 60.7 Å². The number of hydrazone groups is 1. The van der Waals surface area contributed by atoms with Crippen LogP contribution < -0.4 is 25.5 Å². The highest BCUT2D eigenvalue weighted by Gasteiger charge is 2.20. The Morgan fingerprint density at radius 2 is 1.51 bits per heavy atom. The standard InChI is InChI=1S/C33H25ClN4O6S/c1-2-43-22-17-13-21(14-18-22)36-30(39)24-7-3-5-9-26(24)37-31(40)32(41)38-35-19-20-11-15-23(16-12-20)44-33(42)29-28(34)25-8-4-6-10-27(25)45-29/h3-19H,2H2,1H3,(H,36,39)(H,37,40)(H,38,41). The number of halogens is 1. The molecule has 3 amide bonds. The van der Waals surface area contributed by atoms with Gasteiger partial charge in [0, 0.05) is 15.8 Å². The predicted molar refractivity (Wildman–Crippen MR) is 175 cm³/mol. The van der Waals surface area contributed by atoms with Crippen LogP contribution >= 0.6 is 22.9 Å². The minimum absolute atomic E-state index is 0.145. The number of hydrogen-bond donors (Lipinski definition) is 3. The van der Waals surface area contributed by atoms with Gasteiger partial charge in [-0.2, -0.15) is 5.10 Å². The number of carbonyl (C=O) groups excluding carboxylic acids is 4. The minimum atomic E-state index is -1.04. The van der Waals surface area contributed by atoms with Gasteiger partial charge in [-0.25, -0.2) is 10.2 Å². The molecule has 0 atom stereocenters. The van der Waals surface area contributed by atoms with Gasteiger partial charge in [0.15, 0.2) is 0 Å². The van der Waals surface area contributed by atoms with E-state index in [1.807, 2.05) is 31.2 Å². The molecule has 0 aliphatic carbocycles. The number of benzene rings is 4. The van der Waals surface area contributed by atoms with Crippen LogP contribution in [-0.4, -0.2) is 36.5 Å². The number of rotatable bonds is 9. The molecule has 0 aliphatic rings. The number of ether oxygens (including phenoxy) is 2. The number of anilines is 2. The first-order valence-corrected chi connectivity index (χ1v) is 14.8. The molecule has 0 saturated carbocycles. The molecule has 10 nitrogen and oxygen atoms in total. The first kappa shape index (κ1) is 30.9. The van der Waals surface area contributed by atoms with Crippen molar-refractivity contribution < 1.29 is 28.7 Å². The molecule has 5 rings (SSSR count). The Labute approximate surface area is 266 Å². The molecule has 0 bridgehead atoms. The van der Waals surface area contributed by atoms with Crippen LogP contribution in [0.2, 0.25) is 5.02 Å². The first-order chi connectivity index (χ1) is 21.8. The van der Waals surface area contributed by atoms with Gasteiger partial charge < -0.3 is 20.1 Å². The molecule has 1 heterocycles. The van der Waals surface area contributed by atoms with Crippen molar-refractivity contribution in [2.75, 3.05) is 17.2 Å². The number of thiophene rings is 1. The number of amides is 3. The summed E-state index contributed by atoms with van der Waals surface area (Å²) in [5.74, 6) is -2.15. The lowest BCUT2D eigenvalue weighted by Crippen LogP contribution is -2.33. The van der Waals surface area contributed by atoms with Crippen molar-refractivity contribution in [3.63, 3.8) is 0 Å². The summed E-state index contributed by atoms with van der Waals surface area (Å²) in [6.07, 6.45) is 1.32. The fourth-order valence-corrected chi connectivity index (χ4v) is 5.49. The van der Waals surface area contributed by atoms with E-state index in [9.17, 15) is 19.2 Å². The number of hydrogen-bond acceptors (Lipinski definition) is 8. The van der Waals surface area contributed by atoms with Crippen LogP contribution in [0, 0.1) is 0 Å². The van der Waals surface area contributed by atoms with Crippen LogP contribution in [0.15, 0.2) is 102 Å². The van der Waals surface area contributed by atoms with Crippen LogP contribution in [0.5, 0.6) is 11.5 Å².